The summed E-state index contributed by atoms with van der Waals surface area (Å²) >= 11 is 0. The molecule has 0 aromatic carbocycles. The molecule has 1 aromatic heterocycles. The Morgan fingerprint density at radius 2 is 2.11 bits per heavy atom. The van der Waals surface area contributed by atoms with Gasteiger partial charge in [0.2, 0.25) is 0 Å². The topological polar surface area (TPSA) is 34.1 Å². The molecule has 1 aliphatic rings. The molecule has 0 amide bonds. The summed E-state index contributed by atoms with van der Waals surface area (Å²) in [6.45, 7) is 7.64. The number of pyridine rings is 1. The summed E-state index contributed by atoms with van der Waals surface area (Å²) in [6.07, 6.45) is 7.00. The highest BCUT2D eigenvalue weighted by atomic mass is 16.5. The smallest absolute Gasteiger partial charge is 0.129 e. The van der Waals surface area contributed by atoms with E-state index < -0.39 is 0 Å². The maximum atomic E-state index is 6.06. The van der Waals surface area contributed by atoms with E-state index >= 15 is 0 Å². The zero-order valence-corrected chi connectivity index (χ0v) is 11.7. The van der Waals surface area contributed by atoms with Gasteiger partial charge in [-0.2, -0.15) is 0 Å². The second-order valence-electron chi connectivity index (χ2n) is 5.89. The number of hydrogen-bond donors (Lipinski definition) is 1. The van der Waals surface area contributed by atoms with Crippen LogP contribution in [0.1, 0.15) is 46.5 Å². The Kier molecular flexibility index (Phi) is 4.10. The molecule has 0 radical (unpaired) electrons. The lowest BCUT2D eigenvalue weighted by Crippen LogP contribution is -2.28. The van der Waals surface area contributed by atoms with Crippen LogP contribution in [0.2, 0.25) is 0 Å². The lowest BCUT2D eigenvalue weighted by Gasteiger charge is -2.34. The van der Waals surface area contributed by atoms with Gasteiger partial charge in [0, 0.05) is 18.8 Å². The molecule has 1 fully saturated rings. The van der Waals surface area contributed by atoms with E-state index in [4.69, 9.17) is 4.74 Å². The van der Waals surface area contributed by atoms with Crippen LogP contribution >= 0.6 is 0 Å². The zero-order valence-electron chi connectivity index (χ0n) is 11.7. The fourth-order valence-electron chi connectivity index (χ4n) is 2.45. The van der Waals surface area contributed by atoms with Crippen molar-refractivity contribution in [3.8, 4) is 5.75 Å². The summed E-state index contributed by atoms with van der Waals surface area (Å²) in [7, 11) is 0. The van der Waals surface area contributed by atoms with Crippen LogP contribution < -0.4 is 10.1 Å². The molecule has 0 bridgehead atoms. The van der Waals surface area contributed by atoms with Crippen LogP contribution in [0.15, 0.2) is 18.3 Å². The molecule has 0 unspecified atom stereocenters. The van der Waals surface area contributed by atoms with E-state index in [0.29, 0.717) is 11.5 Å². The highest BCUT2D eigenvalue weighted by Crippen LogP contribution is 2.36. The van der Waals surface area contributed by atoms with Gasteiger partial charge in [0.05, 0.1) is 6.10 Å². The SMILES string of the molecule is CCNc1cc(OC2CCC(C)(C)CC2)ccn1. The molecule has 1 aromatic rings. The maximum Gasteiger partial charge on any atom is 0.129 e. The first kappa shape index (κ1) is 13.2. The Morgan fingerprint density at radius 1 is 1.39 bits per heavy atom. The van der Waals surface area contributed by atoms with Crippen LogP contribution in [0.5, 0.6) is 5.75 Å². The first-order valence-electron chi connectivity index (χ1n) is 6.96. The van der Waals surface area contributed by atoms with E-state index in [1.165, 1.54) is 12.8 Å². The number of nitrogens with zero attached hydrogens (tertiary/aromatic N) is 1. The van der Waals surface area contributed by atoms with Crippen molar-refractivity contribution >= 4 is 5.82 Å². The molecule has 1 saturated carbocycles. The minimum Gasteiger partial charge on any atom is -0.490 e. The maximum absolute atomic E-state index is 6.06. The van der Waals surface area contributed by atoms with Crippen molar-refractivity contribution in [2.24, 2.45) is 5.41 Å². The second kappa shape index (κ2) is 5.59. The third kappa shape index (κ3) is 3.62. The quantitative estimate of drug-likeness (QED) is 0.878. The van der Waals surface area contributed by atoms with E-state index in [0.717, 1.165) is 31.0 Å². The van der Waals surface area contributed by atoms with Crippen LogP contribution in [0.25, 0.3) is 0 Å². The summed E-state index contributed by atoms with van der Waals surface area (Å²) in [6, 6.07) is 3.93. The molecule has 1 heterocycles. The molecule has 1 N–H and O–H groups in total. The predicted octanol–water partition coefficient (Wildman–Crippen LogP) is 3.86. The van der Waals surface area contributed by atoms with Crippen molar-refractivity contribution in [1.29, 1.82) is 0 Å². The number of rotatable bonds is 4. The van der Waals surface area contributed by atoms with E-state index in [-0.39, 0.29) is 0 Å². The van der Waals surface area contributed by atoms with Gasteiger partial charge in [-0.1, -0.05) is 13.8 Å². The number of aromatic nitrogens is 1. The first-order valence-corrected chi connectivity index (χ1v) is 6.96. The van der Waals surface area contributed by atoms with Gasteiger partial charge in [0.25, 0.3) is 0 Å². The molecule has 0 saturated heterocycles. The monoisotopic (exact) mass is 248 g/mol. The minimum absolute atomic E-state index is 0.370. The Labute approximate surface area is 110 Å². The normalized spacial score (nSPS) is 19.5. The largest absolute Gasteiger partial charge is 0.490 e. The van der Waals surface area contributed by atoms with Gasteiger partial charge in [-0.05, 0) is 44.1 Å². The van der Waals surface area contributed by atoms with Gasteiger partial charge in [0.15, 0.2) is 0 Å². The van der Waals surface area contributed by atoms with Crippen molar-refractivity contribution < 1.29 is 4.74 Å². The minimum atomic E-state index is 0.370. The summed E-state index contributed by atoms with van der Waals surface area (Å²) in [4.78, 5) is 4.25. The predicted molar refractivity (Wildman–Crippen MR) is 75.1 cm³/mol. The Morgan fingerprint density at radius 3 is 2.78 bits per heavy atom. The molecule has 100 valence electrons. The van der Waals surface area contributed by atoms with Gasteiger partial charge in [-0.15, -0.1) is 0 Å². The summed E-state index contributed by atoms with van der Waals surface area (Å²) < 4.78 is 6.06. The Hall–Kier alpha value is -1.25. The van der Waals surface area contributed by atoms with E-state index in [2.05, 4.69) is 31.1 Å². The van der Waals surface area contributed by atoms with Crippen LogP contribution in [0.3, 0.4) is 0 Å². The molecule has 0 spiro atoms. The van der Waals surface area contributed by atoms with Crippen molar-refractivity contribution in [3.05, 3.63) is 18.3 Å². The third-order valence-electron chi connectivity index (χ3n) is 3.68. The first-order chi connectivity index (χ1) is 8.59. The van der Waals surface area contributed by atoms with Crippen LogP contribution in [-0.4, -0.2) is 17.6 Å². The zero-order chi connectivity index (χ0) is 13.0. The standard InChI is InChI=1S/C15H24N2O/c1-4-16-14-11-13(7-10-17-14)18-12-5-8-15(2,3)9-6-12/h7,10-12H,4-6,8-9H2,1-3H3,(H,16,17). The Balaban J connectivity index is 1.91. The number of ether oxygens (including phenoxy) is 1. The average Bonchev–Trinajstić information content (AvgIpc) is 2.33. The van der Waals surface area contributed by atoms with Gasteiger partial charge in [-0.25, -0.2) is 4.98 Å². The number of hydrogen-bond acceptors (Lipinski definition) is 3. The van der Waals surface area contributed by atoms with Crippen molar-refractivity contribution in [2.45, 2.75) is 52.6 Å². The van der Waals surface area contributed by atoms with E-state index in [1.807, 2.05) is 12.1 Å². The van der Waals surface area contributed by atoms with Crippen LogP contribution in [0.4, 0.5) is 5.82 Å². The molecule has 1 aliphatic carbocycles. The third-order valence-corrected chi connectivity index (χ3v) is 3.68. The average molecular weight is 248 g/mol. The molecular formula is C15H24N2O. The molecular weight excluding hydrogens is 224 g/mol. The van der Waals surface area contributed by atoms with Crippen LogP contribution in [-0.2, 0) is 0 Å². The molecule has 0 aliphatic heterocycles. The fourth-order valence-corrected chi connectivity index (χ4v) is 2.45. The van der Waals surface area contributed by atoms with Crippen molar-refractivity contribution in [3.63, 3.8) is 0 Å². The highest BCUT2D eigenvalue weighted by Gasteiger charge is 2.27. The van der Waals surface area contributed by atoms with Gasteiger partial charge >= 0.3 is 0 Å². The molecule has 3 heteroatoms. The summed E-state index contributed by atoms with van der Waals surface area (Å²) in [5.74, 6) is 1.83. The van der Waals surface area contributed by atoms with Crippen molar-refractivity contribution in [1.82, 2.24) is 4.98 Å². The lowest BCUT2D eigenvalue weighted by molar-refractivity contribution is 0.0987. The van der Waals surface area contributed by atoms with Crippen molar-refractivity contribution in [2.75, 3.05) is 11.9 Å². The highest BCUT2D eigenvalue weighted by molar-refractivity contribution is 5.40. The molecule has 3 nitrogen and oxygen atoms in total. The van der Waals surface area contributed by atoms with Gasteiger partial charge < -0.3 is 10.1 Å². The van der Waals surface area contributed by atoms with Gasteiger partial charge in [-0.3, -0.25) is 0 Å². The molecule has 0 atom stereocenters. The summed E-state index contributed by atoms with van der Waals surface area (Å²) in [5, 5.41) is 3.21. The molecule has 18 heavy (non-hydrogen) atoms. The van der Waals surface area contributed by atoms with E-state index in [9.17, 15) is 0 Å². The van der Waals surface area contributed by atoms with Gasteiger partial charge in [0.1, 0.15) is 11.6 Å². The van der Waals surface area contributed by atoms with Crippen LogP contribution in [0, 0.1) is 5.41 Å². The van der Waals surface area contributed by atoms with E-state index in [1.54, 1.807) is 6.20 Å². The second-order valence-corrected chi connectivity index (χ2v) is 5.89. The summed E-state index contributed by atoms with van der Waals surface area (Å²) in [5.41, 5.74) is 0.493. The number of anilines is 1. The molecule has 2 rings (SSSR count). The number of nitrogens with one attached hydrogen (secondary N) is 1. The fraction of sp³-hybridized carbons (Fsp3) is 0.667. The Bertz CT molecular complexity index is 380. The lowest BCUT2D eigenvalue weighted by atomic mass is 9.76.